The summed E-state index contributed by atoms with van der Waals surface area (Å²) in [7, 11) is 0. The van der Waals surface area contributed by atoms with Gasteiger partial charge in [-0.1, -0.05) is 6.92 Å². The Morgan fingerprint density at radius 2 is 2.00 bits per heavy atom. The molecule has 7 heteroatoms. The number of fused-ring (bicyclic) bond motifs is 1. The van der Waals surface area contributed by atoms with Crippen molar-refractivity contribution < 1.29 is 29.3 Å². The number of rotatable bonds is 8. The van der Waals surface area contributed by atoms with E-state index in [2.05, 4.69) is 0 Å². The Hall–Kier alpha value is -2.12. The van der Waals surface area contributed by atoms with Crippen LogP contribution in [-0.4, -0.2) is 52.9 Å². The summed E-state index contributed by atoms with van der Waals surface area (Å²) in [6.45, 7) is 4.70. The summed E-state index contributed by atoms with van der Waals surface area (Å²) in [5.74, 6) is 0.704. The molecule has 1 heterocycles. The van der Waals surface area contributed by atoms with Gasteiger partial charge in [-0.25, -0.2) is 0 Å². The smallest absolute Gasteiger partial charge is 0.254 e. The fourth-order valence-corrected chi connectivity index (χ4v) is 2.58. The van der Waals surface area contributed by atoms with Crippen LogP contribution in [0.15, 0.2) is 12.1 Å². The summed E-state index contributed by atoms with van der Waals surface area (Å²) >= 11 is 0. The molecule has 2 atom stereocenters. The summed E-state index contributed by atoms with van der Waals surface area (Å²) in [6, 6.07) is 3.67. The topological polar surface area (TPSA) is 96.3 Å². The van der Waals surface area contributed by atoms with Crippen LogP contribution in [-0.2, 0) is 16.1 Å². The van der Waals surface area contributed by atoms with E-state index < -0.39 is 18.1 Å². The molecule has 1 aromatic rings. The SMILES string of the molecule is CCCN(Cc1cc2c(cc1C)OCO2)C(=O)[C@H](O)[C@@H](O)CC=O. The normalized spacial score (nSPS) is 15.0. The molecule has 2 N–H and O–H groups in total. The highest BCUT2D eigenvalue weighted by Crippen LogP contribution is 2.35. The number of hydrogen-bond acceptors (Lipinski definition) is 6. The number of nitrogens with zero attached hydrogens (tertiary/aromatic N) is 1. The maximum Gasteiger partial charge on any atom is 0.254 e. The Labute approximate surface area is 140 Å². The molecule has 0 fully saturated rings. The zero-order chi connectivity index (χ0) is 17.7. The first-order valence-corrected chi connectivity index (χ1v) is 7.95. The summed E-state index contributed by atoms with van der Waals surface area (Å²) in [5.41, 5.74) is 1.81. The molecule has 0 saturated carbocycles. The summed E-state index contributed by atoms with van der Waals surface area (Å²) in [4.78, 5) is 24.4. The third-order valence-corrected chi connectivity index (χ3v) is 3.95. The van der Waals surface area contributed by atoms with Gasteiger partial charge in [0.1, 0.15) is 6.29 Å². The standard InChI is InChI=1S/C17H23NO6/c1-3-5-18(17(22)16(21)13(20)4-6-19)9-12-8-15-14(7-11(12)2)23-10-24-15/h6-8,13,16,20-21H,3-5,9-10H2,1-2H3/t13-,16+/m0/s1. The van der Waals surface area contributed by atoms with Crippen LogP contribution in [0, 0.1) is 6.92 Å². The van der Waals surface area contributed by atoms with Gasteiger partial charge in [-0.3, -0.25) is 4.79 Å². The number of ether oxygens (including phenoxy) is 2. The van der Waals surface area contributed by atoms with Crippen molar-refractivity contribution in [1.29, 1.82) is 0 Å². The lowest BCUT2D eigenvalue weighted by Crippen LogP contribution is -2.45. The molecule has 2 rings (SSSR count). The van der Waals surface area contributed by atoms with E-state index in [1.165, 1.54) is 4.90 Å². The van der Waals surface area contributed by atoms with E-state index in [9.17, 15) is 19.8 Å². The minimum atomic E-state index is -1.61. The van der Waals surface area contributed by atoms with E-state index in [-0.39, 0.29) is 19.8 Å². The Morgan fingerprint density at radius 3 is 2.62 bits per heavy atom. The summed E-state index contributed by atoms with van der Waals surface area (Å²) in [5, 5.41) is 19.7. The summed E-state index contributed by atoms with van der Waals surface area (Å²) in [6.07, 6.45) is -2.11. The van der Waals surface area contributed by atoms with Gasteiger partial charge in [0.25, 0.3) is 5.91 Å². The maximum absolute atomic E-state index is 12.4. The van der Waals surface area contributed by atoms with Gasteiger partial charge in [-0.15, -0.1) is 0 Å². The first kappa shape index (κ1) is 18.2. The number of amides is 1. The zero-order valence-corrected chi connectivity index (χ0v) is 13.9. The largest absolute Gasteiger partial charge is 0.454 e. The predicted octanol–water partition coefficient (Wildman–Crippen LogP) is 0.773. The van der Waals surface area contributed by atoms with Crippen molar-refractivity contribution in [2.45, 2.75) is 45.4 Å². The van der Waals surface area contributed by atoms with Crippen LogP contribution in [0.25, 0.3) is 0 Å². The van der Waals surface area contributed by atoms with Gasteiger partial charge in [0, 0.05) is 19.5 Å². The third-order valence-electron chi connectivity index (χ3n) is 3.95. The van der Waals surface area contributed by atoms with Crippen molar-refractivity contribution in [2.75, 3.05) is 13.3 Å². The number of carbonyl (C=O) groups is 2. The van der Waals surface area contributed by atoms with Gasteiger partial charge in [-0.2, -0.15) is 0 Å². The first-order chi connectivity index (χ1) is 11.5. The summed E-state index contributed by atoms with van der Waals surface area (Å²) < 4.78 is 10.7. The molecule has 1 aromatic carbocycles. The fraction of sp³-hybridized carbons (Fsp3) is 0.529. The van der Waals surface area contributed by atoms with Crippen molar-refractivity contribution >= 4 is 12.2 Å². The van der Waals surface area contributed by atoms with E-state index in [1.54, 1.807) is 0 Å². The molecule has 1 amide bonds. The molecule has 0 aromatic heterocycles. The number of aliphatic hydroxyl groups is 2. The van der Waals surface area contributed by atoms with Crippen LogP contribution >= 0.6 is 0 Å². The number of aldehydes is 1. The van der Waals surface area contributed by atoms with Gasteiger partial charge in [0.2, 0.25) is 6.79 Å². The molecule has 1 aliphatic heterocycles. The number of hydrogen-bond donors (Lipinski definition) is 2. The minimum Gasteiger partial charge on any atom is -0.454 e. The highest BCUT2D eigenvalue weighted by atomic mass is 16.7. The zero-order valence-electron chi connectivity index (χ0n) is 13.9. The van der Waals surface area contributed by atoms with E-state index in [1.807, 2.05) is 26.0 Å². The predicted molar refractivity (Wildman–Crippen MR) is 85.7 cm³/mol. The van der Waals surface area contributed by atoms with Crippen LogP contribution in [0.4, 0.5) is 0 Å². The molecular weight excluding hydrogens is 314 g/mol. The molecule has 1 aliphatic rings. The van der Waals surface area contributed by atoms with Crippen molar-refractivity contribution in [3.8, 4) is 11.5 Å². The second-order valence-electron chi connectivity index (χ2n) is 5.81. The molecule has 0 unspecified atom stereocenters. The Kier molecular flexibility index (Phi) is 6.16. The molecule has 7 nitrogen and oxygen atoms in total. The molecule has 0 bridgehead atoms. The van der Waals surface area contributed by atoms with Gasteiger partial charge in [0.05, 0.1) is 6.10 Å². The van der Waals surface area contributed by atoms with Gasteiger partial charge >= 0.3 is 0 Å². The highest BCUT2D eigenvalue weighted by molar-refractivity contribution is 5.81. The van der Waals surface area contributed by atoms with Crippen molar-refractivity contribution in [2.24, 2.45) is 0 Å². The maximum atomic E-state index is 12.4. The Bertz CT molecular complexity index is 603. The third kappa shape index (κ3) is 4.04. The number of carbonyl (C=O) groups excluding carboxylic acids is 2. The monoisotopic (exact) mass is 337 g/mol. The molecule has 132 valence electrons. The quantitative estimate of drug-likeness (QED) is 0.680. The fourth-order valence-electron chi connectivity index (χ4n) is 2.58. The molecule has 24 heavy (non-hydrogen) atoms. The molecule has 0 saturated heterocycles. The van der Waals surface area contributed by atoms with Crippen LogP contribution in [0.5, 0.6) is 11.5 Å². The second kappa shape index (κ2) is 8.12. The van der Waals surface area contributed by atoms with E-state index >= 15 is 0 Å². The van der Waals surface area contributed by atoms with Gasteiger partial charge in [0.15, 0.2) is 17.6 Å². The first-order valence-electron chi connectivity index (χ1n) is 7.95. The molecular formula is C17H23NO6. The van der Waals surface area contributed by atoms with Crippen LogP contribution in [0.3, 0.4) is 0 Å². The number of benzene rings is 1. The van der Waals surface area contributed by atoms with Crippen LogP contribution in [0.1, 0.15) is 30.9 Å². The lowest BCUT2D eigenvalue weighted by molar-refractivity contribution is -0.147. The van der Waals surface area contributed by atoms with Crippen LogP contribution in [0.2, 0.25) is 0 Å². The average molecular weight is 337 g/mol. The van der Waals surface area contributed by atoms with Gasteiger partial charge < -0.3 is 29.4 Å². The van der Waals surface area contributed by atoms with Crippen LogP contribution < -0.4 is 9.47 Å². The Morgan fingerprint density at radius 1 is 1.33 bits per heavy atom. The Balaban J connectivity index is 2.16. The van der Waals surface area contributed by atoms with Crippen molar-refractivity contribution in [1.82, 2.24) is 4.90 Å². The number of aryl methyl sites for hydroxylation is 1. The number of aliphatic hydroxyl groups excluding tert-OH is 2. The molecule has 0 aliphatic carbocycles. The van der Waals surface area contributed by atoms with E-state index in [0.717, 1.165) is 11.1 Å². The van der Waals surface area contributed by atoms with Crippen molar-refractivity contribution in [3.05, 3.63) is 23.3 Å². The minimum absolute atomic E-state index is 0.173. The second-order valence-corrected chi connectivity index (χ2v) is 5.81. The van der Waals surface area contributed by atoms with E-state index in [4.69, 9.17) is 9.47 Å². The average Bonchev–Trinajstić information content (AvgIpc) is 3.00. The molecule has 0 radical (unpaired) electrons. The lowest BCUT2D eigenvalue weighted by Gasteiger charge is -2.27. The van der Waals surface area contributed by atoms with Crippen molar-refractivity contribution in [3.63, 3.8) is 0 Å². The lowest BCUT2D eigenvalue weighted by atomic mass is 10.1. The molecule has 0 spiro atoms. The highest BCUT2D eigenvalue weighted by Gasteiger charge is 2.29. The van der Waals surface area contributed by atoms with E-state index in [0.29, 0.717) is 30.8 Å². The van der Waals surface area contributed by atoms with Gasteiger partial charge in [-0.05, 0) is 36.6 Å².